The van der Waals surface area contributed by atoms with Crippen LogP contribution in [0.5, 0.6) is 0 Å². The average molecular weight is 305 g/mol. The first kappa shape index (κ1) is 14.6. The van der Waals surface area contributed by atoms with E-state index in [1.807, 2.05) is 31.2 Å². The maximum absolute atomic E-state index is 13.7. The van der Waals surface area contributed by atoms with Crippen LogP contribution >= 0.6 is 0 Å². The number of amides is 1. The molecule has 0 heterocycles. The fraction of sp³-hybridized carbons (Fsp3) is 0.235. The number of carbonyl (C=O) groups excluding carboxylic acids is 1. The Balaban J connectivity index is 1.86. The van der Waals surface area contributed by atoms with Gasteiger partial charge in [-0.15, -0.1) is 0 Å². The Morgan fingerprint density at radius 3 is 2.23 bits per heavy atom. The molecule has 114 valence electrons. The third-order valence-electron chi connectivity index (χ3n) is 4.07. The van der Waals surface area contributed by atoms with Crippen LogP contribution in [0.1, 0.15) is 24.0 Å². The lowest BCUT2D eigenvalue weighted by Gasteiger charge is -2.16. The molecule has 3 rings (SSSR count). The molecule has 2 aromatic carbocycles. The summed E-state index contributed by atoms with van der Waals surface area (Å²) in [7, 11) is 0. The van der Waals surface area contributed by atoms with Crippen LogP contribution in [0.15, 0.2) is 36.4 Å². The van der Waals surface area contributed by atoms with Crippen molar-refractivity contribution in [3.8, 4) is 0 Å². The van der Waals surface area contributed by atoms with E-state index in [0.717, 1.165) is 23.3 Å². The fourth-order valence-corrected chi connectivity index (χ4v) is 2.51. The van der Waals surface area contributed by atoms with Gasteiger partial charge >= 0.3 is 0 Å². The Labute approximate surface area is 126 Å². The van der Waals surface area contributed by atoms with Crippen molar-refractivity contribution in [3.05, 3.63) is 65.0 Å². The molecule has 1 aliphatic carbocycles. The minimum atomic E-state index is -1.59. The fourth-order valence-electron chi connectivity index (χ4n) is 2.51. The average Bonchev–Trinajstić information content (AvgIpc) is 3.30. The molecule has 0 unspecified atom stereocenters. The zero-order valence-corrected chi connectivity index (χ0v) is 11.9. The molecule has 1 fully saturated rings. The highest BCUT2D eigenvalue weighted by Crippen LogP contribution is 2.49. The van der Waals surface area contributed by atoms with Gasteiger partial charge in [0.15, 0.2) is 17.5 Å². The lowest BCUT2D eigenvalue weighted by Crippen LogP contribution is -2.28. The first-order valence-corrected chi connectivity index (χ1v) is 6.96. The summed E-state index contributed by atoms with van der Waals surface area (Å²) in [6.45, 7) is 1.94. The van der Waals surface area contributed by atoms with Gasteiger partial charge in [-0.3, -0.25) is 4.79 Å². The lowest BCUT2D eigenvalue weighted by atomic mass is 9.94. The van der Waals surface area contributed by atoms with Crippen molar-refractivity contribution in [2.45, 2.75) is 25.2 Å². The van der Waals surface area contributed by atoms with Gasteiger partial charge in [0.25, 0.3) is 0 Å². The molecule has 0 atom stereocenters. The summed E-state index contributed by atoms with van der Waals surface area (Å²) in [5.41, 5.74) is 0.873. The van der Waals surface area contributed by atoms with E-state index in [2.05, 4.69) is 5.32 Å². The van der Waals surface area contributed by atoms with E-state index >= 15 is 0 Å². The minimum Gasteiger partial charge on any atom is -0.323 e. The maximum Gasteiger partial charge on any atom is 0.235 e. The largest absolute Gasteiger partial charge is 0.323 e. The second kappa shape index (κ2) is 5.16. The van der Waals surface area contributed by atoms with Crippen molar-refractivity contribution in [2.24, 2.45) is 0 Å². The van der Waals surface area contributed by atoms with Crippen LogP contribution in [0.4, 0.5) is 18.9 Å². The number of halogens is 3. The number of carbonyl (C=O) groups is 1. The third kappa shape index (κ3) is 2.36. The van der Waals surface area contributed by atoms with Crippen molar-refractivity contribution in [2.75, 3.05) is 5.32 Å². The van der Waals surface area contributed by atoms with Crippen molar-refractivity contribution in [1.29, 1.82) is 0 Å². The molecule has 1 aliphatic rings. The van der Waals surface area contributed by atoms with E-state index in [0.29, 0.717) is 12.8 Å². The molecule has 2 nitrogen and oxygen atoms in total. The van der Waals surface area contributed by atoms with E-state index in [-0.39, 0.29) is 5.69 Å². The summed E-state index contributed by atoms with van der Waals surface area (Å²) in [6.07, 6.45) is 1.29. The summed E-state index contributed by atoms with van der Waals surface area (Å²) in [5.74, 6) is -4.65. The number of anilines is 1. The SMILES string of the molecule is Cc1ccc(C2(C(=O)Nc3ccc(F)c(F)c3F)CC2)cc1. The zero-order chi connectivity index (χ0) is 15.9. The molecule has 5 heteroatoms. The molecule has 1 amide bonds. The van der Waals surface area contributed by atoms with Crippen molar-refractivity contribution >= 4 is 11.6 Å². The van der Waals surface area contributed by atoms with E-state index < -0.39 is 28.8 Å². The third-order valence-corrected chi connectivity index (χ3v) is 4.07. The second-order valence-corrected chi connectivity index (χ2v) is 5.63. The van der Waals surface area contributed by atoms with Gasteiger partial charge in [0.2, 0.25) is 5.91 Å². The minimum absolute atomic E-state index is 0.345. The predicted molar refractivity (Wildman–Crippen MR) is 77.0 cm³/mol. The molecule has 1 saturated carbocycles. The molecule has 1 N–H and O–H groups in total. The summed E-state index contributed by atoms with van der Waals surface area (Å²) in [6, 6.07) is 9.35. The number of hydrogen-bond donors (Lipinski definition) is 1. The van der Waals surface area contributed by atoms with Gasteiger partial charge in [-0.1, -0.05) is 29.8 Å². The highest BCUT2D eigenvalue weighted by atomic mass is 19.2. The van der Waals surface area contributed by atoms with Crippen LogP contribution in [0.3, 0.4) is 0 Å². The van der Waals surface area contributed by atoms with Gasteiger partial charge in [0.05, 0.1) is 11.1 Å². The summed E-state index contributed by atoms with van der Waals surface area (Å²) >= 11 is 0. The van der Waals surface area contributed by atoms with Gasteiger partial charge in [-0.05, 0) is 37.5 Å². The smallest absolute Gasteiger partial charge is 0.235 e. The van der Waals surface area contributed by atoms with Gasteiger partial charge in [-0.25, -0.2) is 13.2 Å². The zero-order valence-electron chi connectivity index (χ0n) is 11.9. The normalized spacial score (nSPS) is 15.5. The molecule has 0 radical (unpaired) electrons. The quantitative estimate of drug-likeness (QED) is 0.851. The first-order chi connectivity index (χ1) is 10.4. The van der Waals surface area contributed by atoms with Crippen LogP contribution in [0.25, 0.3) is 0 Å². The number of hydrogen-bond acceptors (Lipinski definition) is 1. The number of aryl methyl sites for hydroxylation is 1. The molecule has 22 heavy (non-hydrogen) atoms. The number of rotatable bonds is 3. The van der Waals surface area contributed by atoms with Crippen molar-refractivity contribution in [3.63, 3.8) is 0 Å². The molecule has 0 aliphatic heterocycles. The maximum atomic E-state index is 13.7. The Morgan fingerprint density at radius 2 is 1.64 bits per heavy atom. The first-order valence-electron chi connectivity index (χ1n) is 6.96. The van der Waals surface area contributed by atoms with Crippen LogP contribution in [-0.2, 0) is 10.2 Å². The van der Waals surface area contributed by atoms with Gasteiger partial charge in [0.1, 0.15) is 0 Å². The van der Waals surface area contributed by atoms with E-state index in [4.69, 9.17) is 0 Å². The van der Waals surface area contributed by atoms with Crippen LogP contribution in [-0.4, -0.2) is 5.91 Å². The molecule has 0 spiro atoms. The standard InChI is InChI=1S/C17H14F3NO/c1-10-2-4-11(5-3-10)17(8-9-17)16(22)21-13-7-6-12(18)14(19)15(13)20/h2-7H,8-9H2,1H3,(H,21,22). The number of nitrogens with one attached hydrogen (secondary N) is 1. The van der Waals surface area contributed by atoms with Crippen LogP contribution < -0.4 is 5.32 Å². The molecule has 0 saturated heterocycles. The second-order valence-electron chi connectivity index (χ2n) is 5.63. The Kier molecular flexibility index (Phi) is 3.43. The van der Waals surface area contributed by atoms with Gasteiger partial charge < -0.3 is 5.32 Å². The Bertz CT molecular complexity index is 736. The highest BCUT2D eigenvalue weighted by molar-refractivity contribution is 6.01. The van der Waals surface area contributed by atoms with E-state index in [9.17, 15) is 18.0 Å². The molecule has 2 aromatic rings. The molecule has 0 bridgehead atoms. The van der Waals surface area contributed by atoms with Crippen LogP contribution in [0.2, 0.25) is 0 Å². The predicted octanol–water partition coefficient (Wildman–Crippen LogP) is 4.08. The summed E-state index contributed by atoms with van der Waals surface area (Å²) in [5, 5.41) is 2.37. The molecular weight excluding hydrogens is 291 g/mol. The van der Waals surface area contributed by atoms with Gasteiger partial charge in [-0.2, -0.15) is 0 Å². The molecule has 0 aromatic heterocycles. The highest BCUT2D eigenvalue weighted by Gasteiger charge is 2.51. The van der Waals surface area contributed by atoms with Crippen molar-refractivity contribution in [1.82, 2.24) is 0 Å². The summed E-state index contributed by atoms with van der Waals surface area (Å²) in [4.78, 5) is 12.4. The van der Waals surface area contributed by atoms with E-state index in [1.54, 1.807) is 0 Å². The summed E-state index contributed by atoms with van der Waals surface area (Å²) < 4.78 is 39.8. The number of benzene rings is 2. The monoisotopic (exact) mass is 305 g/mol. The Morgan fingerprint density at radius 1 is 1.00 bits per heavy atom. The lowest BCUT2D eigenvalue weighted by molar-refractivity contribution is -0.118. The molecular formula is C17H14F3NO. The van der Waals surface area contributed by atoms with Gasteiger partial charge in [0, 0.05) is 0 Å². The van der Waals surface area contributed by atoms with Crippen molar-refractivity contribution < 1.29 is 18.0 Å². The van der Waals surface area contributed by atoms with Crippen LogP contribution in [0, 0.1) is 24.4 Å². The Hall–Kier alpha value is -2.30. The topological polar surface area (TPSA) is 29.1 Å². The van der Waals surface area contributed by atoms with E-state index in [1.165, 1.54) is 0 Å².